The summed E-state index contributed by atoms with van der Waals surface area (Å²) in [5.41, 5.74) is 13.5. The van der Waals surface area contributed by atoms with Crippen molar-refractivity contribution in [3.63, 3.8) is 0 Å². The predicted molar refractivity (Wildman–Crippen MR) is 64.5 cm³/mol. The van der Waals surface area contributed by atoms with Crippen LogP contribution < -0.4 is 11.5 Å². The molecular formula is C11H16N4O. The quantitative estimate of drug-likeness (QED) is 0.365. The molecule has 0 saturated carbocycles. The van der Waals surface area contributed by atoms with Crippen LogP contribution in [0.4, 0.5) is 11.4 Å². The van der Waals surface area contributed by atoms with Gasteiger partial charge in [0.1, 0.15) is 5.84 Å². The first kappa shape index (κ1) is 10.8. The Balaban J connectivity index is 2.22. The standard InChI is InChI=1S/C11H16N4O/c12-8-1-2-10(13)9(7-8)11(14)15-3-5-16-6-4-15/h1-2,7,14H,3-6,12-13H2. The van der Waals surface area contributed by atoms with Gasteiger partial charge in [-0.1, -0.05) is 0 Å². The number of hydrogen-bond acceptors (Lipinski definition) is 4. The zero-order valence-electron chi connectivity index (χ0n) is 9.07. The molecule has 1 heterocycles. The zero-order chi connectivity index (χ0) is 11.5. The molecule has 1 fully saturated rings. The van der Waals surface area contributed by atoms with E-state index in [1.54, 1.807) is 18.2 Å². The summed E-state index contributed by atoms with van der Waals surface area (Å²) in [7, 11) is 0. The molecule has 0 aromatic heterocycles. The normalized spacial score (nSPS) is 16.1. The van der Waals surface area contributed by atoms with Crippen LogP contribution in [0.1, 0.15) is 5.56 Å². The third-order valence-electron chi connectivity index (χ3n) is 2.66. The maximum absolute atomic E-state index is 8.10. The fourth-order valence-electron chi connectivity index (χ4n) is 1.74. The highest BCUT2D eigenvalue weighted by atomic mass is 16.5. The molecule has 0 radical (unpaired) electrons. The lowest BCUT2D eigenvalue weighted by molar-refractivity contribution is 0.0680. The smallest absolute Gasteiger partial charge is 0.130 e. The van der Waals surface area contributed by atoms with Crippen molar-refractivity contribution in [1.29, 1.82) is 5.41 Å². The molecule has 0 amide bonds. The van der Waals surface area contributed by atoms with Crippen molar-refractivity contribution in [2.75, 3.05) is 37.8 Å². The van der Waals surface area contributed by atoms with Crippen molar-refractivity contribution in [3.8, 4) is 0 Å². The number of rotatable bonds is 1. The SMILES string of the molecule is N=C(c1cc(N)ccc1N)N1CCOCC1. The topological polar surface area (TPSA) is 88.4 Å². The minimum absolute atomic E-state index is 0.424. The van der Waals surface area contributed by atoms with Crippen molar-refractivity contribution in [1.82, 2.24) is 4.90 Å². The van der Waals surface area contributed by atoms with Crippen LogP contribution in [0.15, 0.2) is 18.2 Å². The zero-order valence-corrected chi connectivity index (χ0v) is 9.07. The maximum atomic E-state index is 8.10. The Kier molecular flexibility index (Phi) is 2.96. The van der Waals surface area contributed by atoms with Gasteiger partial charge in [-0.2, -0.15) is 0 Å². The van der Waals surface area contributed by atoms with Crippen LogP contribution in [0.5, 0.6) is 0 Å². The van der Waals surface area contributed by atoms with Gasteiger partial charge in [0.05, 0.1) is 13.2 Å². The lowest BCUT2D eigenvalue weighted by atomic mass is 10.1. The molecule has 5 nitrogen and oxygen atoms in total. The molecule has 1 saturated heterocycles. The number of anilines is 2. The highest BCUT2D eigenvalue weighted by molar-refractivity contribution is 6.01. The van der Waals surface area contributed by atoms with E-state index in [9.17, 15) is 0 Å². The summed E-state index contributed by atoms with van der Waals surface area (Å²) < 4.78 is 5.25. The van der Waals surface area contributed by atoms with Gasteiger partial charge < -0.3 is 21.1 Å². The molecule has 0 aliphatic carbocycles. The van der Waals surface area contributed by atoms with Crippen LogP contribution in [0.25, 0.3) is 0 Å². The van der Waals surface area contributed by atoms with E-state index in [4.69, 9.17) is 21.6 Å². The van der Waals surface area contributed by atoms with Crippen LogP contribution in [0.2, 0.25) is 0 Å². The van der Waals surface area contributed by atoms with E-state index in [0.29, 0.717) is 36.0 Å². The molecular weight excluding hydrogens is 204 g/mol. The first-order valence-corrected chi connectivity index (χ1v) is 5.25. The summed E-state index contributed by atoms with van der Waals surface area (Å²) in [5, 5.41) is 8.10. The van der Waals surface area contributed by atoms with Gasteiger partial charge in [-0.25, -0.2) is 0 Å². The molecule has 0 spiro atoms. The van der Waals surface area contributed by atoms with Crippen molar-refractivity contribution < 1.29 is 4.74 Å². The second kappa shape index (κ2) is 4.40. The van der Waals surface area contributed by atoms with Crippen molar-refractivity contribution in [2.24, 2.45) is 0 Å². The lowest BCUT2D eigenvalue weighted by Gasteiger charge is -2.29. The molecule has 1 aliphatic heterocycles. The van der Waals surface area contributed by atoms with E-state index in [-0.39, 0.29) is 0 Å². The van der Waals surface area contributed by atoms with Gasteiger partial charge >= 0.3 is 0 Å². The number of nitrogens with zero attached hydrogens (tertiary/aromatic N) is 1. The predicted octanol–water partition coefficient (Wildman–Crippen LogP) is 0.509. The van der Waals surface area contributed by atoms with Gasteiger partial charge in [-0.15, -0.1) is 0 Å². The molecule has 0 bridgehead atoms. The first-order valence-electron chi connectivity index (χ1n) is 5.25. The van der Waals surface area contributed by atoms with Gasteiger partial charge in [0.2, 0.25) is 0 Å². The summed E-state index contributed by atoms with van der Waals surface area (Å²) in [6.07, 6.45) is 0. The highest BCUT2D eigenvalue weighted by Crippen LogP contribution is 2.18. The fourth-order valence-corrected chi connectivity index (χ4v) is 1.74. The molecule has 1 aliphatic rings. The second-order valence-corrected chi connectivity index (χ2v) is 3.79. The number of hydrogen-bond donors (Lipinski definition) is 3. The second-order valence-electron chi connectivity index (χ2n) is 3.79. The highest BCUT2D eigenvalue weighted by Gasteiger charge is 2.17. The van der Waals surface area contributed by atoms with E-state index in [1.807, 2.05) is 4.90 Å². The summed E-state index contributed by atoms with van der Waals surface area (Å²) in [4.78, 5) is 1.95. The monoisotopic (exact) mass is 220 g/mol. The maximum Gasteiger partial charge on any atom is 0.130 e. The summed E-state index contributed by atoms with van der Waals surface area (Å²) in [6, 6.07) is 5.22. The molecule has 16 heavy (non-hydrogen) atoms. The number of nitrogens with one attached hydrogen (secondary N) is 1. The Labute approximate surface area is 94.5 Å². The summed E-state index contributed by atoms with van der Waals surface area (Å²) in [6.45, 7) is 2.77. The molecule has 5 N–H and O–H groups in total. The molecule has 5 heteroatoms. The Bertz CT molecular complexity index is 399. The minimum atomic E-state index is 0.424. The Morgan fingerprint density at radius 2 is 1.94 bits per heavy atom. The molecule has 1 aromatic rings. The first-order chi connectivity index (χ1) is 7.68. The van der Waals surface area contributed by atoms with Gasteiger partial charge in [0, 0.05) is 30.0 Å². The average molecular weight is 220 g/mol. The Morgan fingerprint density at radius 1 is 1.25 bits per heavy atom. The lowest BCUT2D eigenvalue weighted by Crippen LogP contribution is -2.41. The van der Waals surface area contributed by atoms with Crippen LogP contribution >= 0.6 is 0 Å². The summed E-state index contributed by atoms with van der Waals surface area (Å²) >= 11 is 0. The largest absolute Gasteiger partial charge is 0.399 e. The van der Waals surface area contributed by atoms with E-state index in [1.165, 1.54) is 0 Å². The van der Waals surface area contributed by atoms with E-state index in [2.05, 4.69) is 0 Å². The van der Waals surface area contributed by atoms with Crippen LogP contribution in [0.3, 0.4) is 0 Å². The molecule has 0 unspecified atom stereocenters. The van der Waals surface area contributed by atoms with Gasteiger partial charge in [-0.05, 0) is 18.2 Å². The van der Waals surface area contributed by atoms with Crippen molar-refractivity contribution >= 4 is 17.2 Å². The molecule has 1 aromatic carbocycles. The minimum Gasteiger partial charge on any atom is -0.399 e. The van der Waals surface area contributed by atoms with E-state index < -0.39 is 0 Å². The van der Waals surface area contributed by atoms with Gasteiger partial charge in [-0.3, -0.25) is 5.41 Å². The molecule has 86 valence electrons. The Morgan fingerprint density at radius 3 is 2.62 bits per heavy atom. The van der Waals surface area contributed by atoms with E-state index in [0.717, 1.165) is 13.1 Å². The van der Waals surface area contributed by atoms with E-state index >= 15 is 0 Å². The number of benzene rings is 1. The molecule has 0 atom stereocenters. The van der Waals surface area contributed by atoms with Gasteiger partial charge in [0.25, 0.3) is 0 Å². The number of nitrogen functional groups attached to an aromatic ring is 2. The number of nitrogens with two attached hydrogens (primary N) is 2. The Hall–Kier alpha value is -1.75. The number of ether oxygens (including phenoxy) is 1. The van der Waals surface area contributed by atoms with Crippen LogP contribution in [0, 0.1) is 5.41 Å². The van der Waals surface area contributed by atoms with Crippen molar-refractivity contribution in [3.05, 3.63) is 23.8 Å². The van der Waals surface area contributed by atoms with Crippen LogP contribution in [-0.2, 0) is 4.74 Å². The third-order valence-corrected chi connectivity index (χ3v) is 2.66. The average Bonchev–Trinajstić information content (AvgIpc) is 2.32. The van der Waals surface area contributed by atoms with Crippen LogP contribution in [-0.4, -0.2) is 37.0 Å². The van der Waals surface area contributed by atoms with Gasteiger partial charge in [0.15, 0.2) is 0 Å². The fraction of sp³-hybridized carbons (Fsp3) is 0.364. The van der Waals surface area contributed by atoms with Crippen molar-refractivity contribution in [2.45, 2.75) is 0 Å². The third kappa shape index (κ3) is 2.09. The summed E-state index contributed by atoms with van der Waals surface area (Å²) in [5.74, 6) is 0.424. The molecule has 2 rings (SSSR count). The number of amidine groups is 1. The number of morpholine rings is 1.